The van der Waals surface area contributed by atoms with Gasteiger partial charge in [-0.25, -0.2) is 14.3 Å². The van der Waals surface area contributed by atoms with E-state index in [9.17, 15) is 9.90 Å². The van der Waals surface area contributed by atoms with Crippen LogP contribution in [-0.4, -0.2) is 20.8 Å². The number of benzene rings is 1. The molecule has 3 rings (SSSR count). The predicted octanol–water partition coefficient (Wildman–Crippen LogP) is 3.88. The fourth-order valence-electron chi connectivity index (χ4n) is 2.13. The zero-order chi connectivity index (χ0) is 13.4. The summed E-state index contributed by atoms with van der Waals surface area (Å²) in [6.07, 6.45) is 0.454. The van der Waals surface area contributed by atoms with E-state index in [0.717, 1.165) is 5.56 Å². The standard InChI is InChI=1S/C14H9ClN2O2/c15-13-10-8-12(9-4-2-1-3-5-9)17(14(18)19)11(10)6-7-16-13/h1-8H,(H,18,19). The first-order valence-corrected chi connectivity index (χ1v) is 6.01. The summed E-state index contributed by atoms with van der Waals surface area (Å²) in [6.45, 7) is 0. The molecule has 0 bridgehead atoms. The second-order valence-corrected chi connectivity index (χ2v) is 4.41. The molecule has 0 unspecified atom stereocenters. The average Bonchev–Trinajstić information content (AvgIpc) is 2.81. The summed E-state index contributed by atoms with van der Waals surface area (Å²) < 4.78 is 1.22. The van der Waals surface area contributed by atoms with Crippen LogP contribution in [0, 0.1) is 0 Å². The van der Waals surface area contributed by atoms with E-state index in [4.69, 9.17) is 11.6 Å². The molecule has 0 fully saturated rings. The first-order chi connectivity index (χ1) is 9.18. The Balaban J connectivity index is 2.39. The van der Waals surface area contributed by atoms with E-state index in [1.807, 2.05) is 30.3 Å². The number of halogens is 1. The van der Waals surface area contributed by atoms with Crippen LogP contribution in [0.15, 0.2) is 48.7 Å². The molecule has 0 amide bonds. The molecule has 0 radical (unpaired) electrons. The third-order valence-electron chi connectivity index (χ3n) is 2.94. The van der Waals surface area contributed by atoms with Gasteiger partial charge in [0.1, 0.15) is 5.15 Å². The molecule has 5 heteroatoms. The normalized spacial score (nSPS) is 10.8. The van der Waals surface area contributed by atoms with Crippen molar-refractivity contribution < 1.29 is 9.90 Å². The third kappa shape index (κ3) is 1.86. The highest BCUT2D eigenvalue weighted by atomic mass is 35.5. The van der Waals surface area contributed by atoms with Gasteiger partial charge in [0.15, 0.2) is 0 Å². The number of nitrogens with zero attached hydrogens (tertiary/aromatic N) is 2. The Morgan fingerprint density at radius 1 is 1.21 bits per heavy atom. The van der Waals surface area contributed by atoms with Crippen LogP contribution in [0.5, 0.6) is 0 Å². The van der Waals surface area contributed by atoms with Gasteiger partial charge in [-0.2, -0.15) is 0 Å². The molecule has 4 nitrogen and oxygen atoms in total. The molecule has 0 aliphatic carbocycles. The van der Waals surface area contributed by atoms with Gasteiger partial charge in [-0.3, -0.25) is 0 Å². The highest BCUT2D eigenvalue weighted by Gasteiger charge is 2.17. The van der Waals surface area contributed by atoms with Crippen LogP contribution in [0.3, 0.4) is 0 Å². The van der Waals surface area contributed by atoms with Crippen molar-refractivity contribution in [1.29, 1.82) is 0 Å². The van der Waals surface area contributed by atoms with E-state index < -0.39 is 6.09 Å². The van der Waals surface area contributed by atoms with Gasteiger partial charge >= 0.3 is 6.09 Å². The van der Waals surface area contributed by atoms with Crippen molar-refractivity contribution in [3.63, 3.8) is 0 Å². The molecule has 0 aliphatic heterocycles. The molecule has 94 valence electrons. The fraction of sp³-hybridized carbons (Fsp3) is 0. The third-order valence-corrected chi connectivity index (χ3v) is 3.24. The number of pyridine rings is 1. The van der Waals surface area contributed by atoms with Crippen molar-refractivity contribution in [3.05, 3.63) is 53.8 Å². The van der Waals surface area contributed by atoms with Crippen molar-refractivity contribution >= 4 is 28.6 Å². The molecule has 3 aromatic rings. The minimum absolute atomic E-state index is 0.301. The lowest BCUT2D eigenvalue weighted by Crippen LogP contribution is -2.08. The Hall–Kier alpha value is -2.33. The smallest absolute Gasteiger partial charge is 0.416 e. The lowest BCUT2D eigenvalue weighted by Gasteiger charge is -2.04. The quantitative estimate of drug-likeness (QED) is 0.684. The van der Waals surface area contributed by atoms with Crippen LogP contribution in [0.1, 0.15) is 0 Å². The molecular weight excluding hydrogens is 264 g/mol. The van der Waals surface area contributed by atoms with Gasteiger partial charge in [-0.1, -0.05) is 41.9 Å². The Morgan fingerprint density at radius 3 is 2.63 bits per heavy atom. The zero-order valence-corrected chi connectivity index (χ0v) is 10.5. The van der Waals surface area contributed by atoms with Crippen molar-refractivity contribution in [2.24, 2.45) is 0 Å². The molecule has 0 saturated carbocycles. The summed E-state index contributed by atoms with van der Waals surface area (Å²) >= 11 is 6.02. The molecule has 1 N–H and O–H groups in total. The van der Waals surface area contributed by atoms with Crippen molar-refractivity contribution in [2.75, 3.05) is 0 Å². The van der Waals surface area contributed by atoms with Crippen molar-refractivity contribution in [1.82, 2.24) is 9.55 Å². The van der Waals surface area contributed by atoms with Gasteiger partial charge in [-0.05, 0) is 17.7 Å². The summed E-state index contributed by atoms with van der Waals surface area (Å²) in [6, 6.07) is 12.7. The van der Waals surface area contributed by atoms with E-state index in [1.54, 1.807) is 12.1 Å². The summed E-state index contributed by atoms with van der Waals surface area (Å²) in [7, 11) is 0. The van der Waals surface area contributed by atoms with E-state index >= 15 is 0 Å². The maximum Gasteiger partial charge on any atom is 0.416 e. The monoisotopic (exact) mass is 272 g/mol. The number of rotatable bonds is 1. The van der Waals surface area contributed by atoms with Gasteiger partial charge in [-0.15, -0.1) is 0 Å². The average molecular weight is 273 g/mol. The van der Waals surface area contributed by atoms with Crippen molar-refractivity contribution in [2.45, 2.75) is 0 Å². The summed E-state index contributed by atoms with van der Waals surface area (Å²) in [5.41, 5.74) is 1.93. The largest absolute Gasteiger partial charge is 0.464 e. The highest BCUT2D eigenvalue weighted by Crippen LogP contribution is 2.30. The first kappa shape index (κ1) is 11.7. The minimum Gasteiger partial charge on any atom is -0.464 e. The number of fused-ring (bicyclic) bond motifs is 1. The number of hydrogen-bond acceptors (Lipinski definition) is 2. The summed E-state index contributed by atoms with van der Waals surface area (Å²) in [5.74, 6) is 0. The molecule has 19 heavy (non-hydrogen) atoms. The van der Waals surface area contributed by atoms with Gasteiger partial charge in [0.2, 0.25) is 0 Å². The van der Waals surface area contributed by atoms with E-state index in [0.29, 0.717) is 21.7 Å². The molecule has 2 aromatic heterocycles. The van der Waals surface area contributed by atoms with Crippen LogP contribution < -0.4 is 0 Å². The van der Waals surface area contributed by atoms with Gasteiger partial charge in [0.05, 0.1) is 11.2 Å². The van der Waals surface area contributed by atoms with Crippen LogP contribution in [-0.2, 0) is 0 Å². The van der Waals surface area contributed by atoms with Gasteiger partial charge in [0.25, 0.3) is 0 Å². The molecule has 0 atom stereocenters. The van der Waals surface area contributed by atoms with E-state index in [1.165, 1.54) is 10.8 Å². The maximum absolute atomic E-state index is 11.5. The molecule has 0 saturated heterocycles. The Labute approximate surface area is 113 Å². The minimum atomic E-state index is -1.05. The van der Waals surface area contributed by atoms with Crippen LogP contribution in [0.2, 0.25) is 5.15 Å². The van der Waals surface area contributed by atoms with Crippen molar-refractivity contribution in [3.8, 4) is 11.3 Å². The Kier molecular flexibility index (Phi) is 2.72. The molecule has 2 heterocycles. The molecule has 0 spiro atoms. The second-order valence-electron chi connectivity index (χ2n) is 4.05. The van der Waals surface area contributed by atoms with E-state index in [-0.39, 0.29) is 0 Å². The Morgan fingerprint density at radius 2 is 1.95 bits per heavy atom. The number of carbonyl (C=O) groups is 1. The lowest BCUT2D eigenvalue weighted by atomic mass is 10.1. The maximum atomic E-state index is 11.5. The Bertz CT molecular complexity index is 766. The zero-order valence-electron chi connectivity index (χ0n) is 9.75. The van der Waals surface area contributed by atoms with Crippen LogP contribution in [0.4, 0.5) is 4.79 Å². The van der Waals surface area contributed by atoms with Gasteiger partial charge in [0, 0.05) is 11.6 Å². The van der Waals surface area contributed by atoms with Crippen LogP contribution in [0.25, 0.3) is 22.2 Å². The topological polar surface area (TPSA) is 55.1 Å². The van der Waals surface area contributed by atoms with Gasteiger partial charge < -0.3 is 5.11 Å². The lowest BCUT2D eigenvalue weighted by molar-refractivity contribution is 0.198. The highest BCUT2D eigenvalue weighted by molar-refractivity contribution is 6.34. The molecule has 1 aromatic carbocycles. The summed E-state index contributed by atoms with van der Waals surface area (Å²) in [4.78, 5) is 15.5. The number of aromatic nitrogens is 2. The second kappa shape index (κ2) is 4.40. The van der Waals surface area contributed by atoms with E-state index in [2.05, 4.69) is 4.98 Å². The summed E-state index contributed by atoms with van der Waals surface area (Å²) in [5, 5.41) is 10.3. The number of carboxylic acid groups (broad SMARTS) is 1. The SMILES string of the molecule is O=C(O)n1c(-c2ccccc2)cc2c(Cl)nccc21. The molecule has 0 aliphatic rings. The predicted molar refractivity (Wildman–Crippen MR) is 73.6 cm³/mol. The first-order valence-electron chi connectivity index (χ1n) is 5.63. The number of hydrogen-bond donors (Lipinski definition) is 1. The molecular formula is C14H9ClN2O2. The van der Waals surface area contributed by atoms with Crippen LogP contribution >= 0.6 is 11.6 Å². The fourth-order valence-corrected chi connectivity index (χ4v) is 2.33.